The quantitative estimate of drug-likeness (QED) is 0.534. The Morgan fingerprint density at radius 1 is 0.939 bits per heavy atom. The lowest BCUT2D eigenvalue weighted by molar-refractivity contribution is 0.0600. The van der Waals surface area contributed by atoms with Gasteiger partial charge >= 0.3 is 5.97 Å². The van der Waals surface area contributed by atoms with Crippen molar-refractivity contribution in [1.29, 1.82) is 0 Å². The molecule has 3 aromatic rings. The van der Waals surface area contributed by atoms with Crippen LogP contribution >= 0.6 is 0 Å². The van der Waals surface area contributed by atoms with Crippen molar-refractivity contribution in [3.8, 4) is 0 Å². The monoisotopic (exact) mass is 457 g/mol. The fourth-order valence-electron chi connectivity index (χ4n) is 4.50. The summed E-state index contributed by atoms with van der Waals surface area (Å²) in [5.74, 6) is -0.400. The molecule has 1 aliphatic carbocycles. The maximum atomic E-state index is 13.4. The largest absolute Gasteiger partial charge is 0.465 e. The van der Waals surface area contributed by atoms with Crippen LogP contribution in [-0.2, 0) is 14.8 Å². The van der Waals surface area contributed by atoms with Gasteiger partial charge in [-0.3, -0.25) is 0 Å². The van der Waals surface area contributed by atoms with E-state index in [1.54, 1.807) is 18.2 Å². The van der Waals surface area contributed by atoms with Crippen LogP contribution < -0.4 is 0 Å². The van der Waals surface area contributed by atoms with Gasteiger partial charge in [-0.15, -0.1) is 0 Å². The highest BCUT2D eigenvalue weighted by atomic mass is 32.2. The van der Waals surface area contributed by atoms with E-state index in [2.05, 4.69) is 0 Å². The summed E-state index contributed by atoms with van der Waals surface area (Å²) in [5.41, 5.74) is 7.30. The van der Waals surface area contributed by atoms with E-state index in [-0.39, 0.29) is 18.0 Å². The Bertz CT molecular complexity index is 1420. The van der Waals surface area contributed by atoms with Gasteiger partial charge in [-0.2, -0.15) is 4.31 Å². The normalized spacial score (nSPS) is 15.6. The zero-order chi connectivity index (χ0) is 23.2. The van der Waals surface area contributed by atoms with Gasteiger partial charge in [0, 0.05) is 13.1 Å². The molecule has 5 nitrogen and oxygen atoms in total. The number of carbonyl (C=O) groups is 1. The van der Waals surface area contributed by atoms with Crippen molar-refractivity contribution in [1.82, 2.24) is 4.31 Å². The number of hydrogen-bond acceptors (Lipinski definition) is 4. The lowest BCUT2D eigenvalue weighted by atomic mass is 9.96. The predicted molar refractivity (Wildman–Crippen MR) is 128 cm³/mol. The first-order chi connectivity index (χ1) is 15.9. The first kappa shape index (κ1) is 21.4. The number of ether oxygens (including phenoxy) is 1. The van der Waals surface area contributed by atoms with Crippen molar-refractivity contribution in [3.05, 3.63) is 112 Å². The number of methoxy groups -OCH3 is 1. The summed E-state index contributed by atoms with van der Waals surface area (Å²) in [5, 5.41) is 0. The van der Waals surface area contributed by atoms with Crippen LogP contribution in [0.4, 0.5) is 0 Å². The molecular formula is C27H23NO4S. The van der Waals surface area contributed by atoms with Gasteiger partial charge in [-0.25, -0.2) is 13.2 Å². The topological polar surface area (TPSA) is 63.7 Å². The van der Waals surface area contributed by atoms with Crippen LogP contribution in [0.1, 0.15) is 32.6 Å². The fraction of sp³-hybridized carbons (Fsp3) is 0.148. The number of rotatable bonds is 4. The first-order valence-corrected chi connectivity index (χ1v) is 12.1. The van der Waals surface area contributed by atoms with Gasteiger partial charge in [0.25, 0.3) is 0 Å². The third-order valence-electron chi connectivity index (χ3n) is 6.18. The summed E-state index contributed by atoms with van der Waals surface area (Å²) in [4.78, 5) is 12.5. The molecule has 1 heterocycles. The molecule has 0 aromatic heterocycles. The second-order valence-electron chi connectivity index (χ2n) is 8.20. The van der Waals surface area contributed by atoms with Gasteiger partial charge in [0.05, 0.1) is 17.6 Å². The van der Waals surface area contributed by atoms with Crippen LogP contribution in [0.5, 0.6) is 0 Å². The Balaban J connectivity index is 1.65. The van der Waals surface area contributed by atoms with E-state index in [0.29, 0.717) is 5.56 Å². The number of fused-ring (bicyclic) bond motifs is 3. The van der Waals surface area contributed by atoms with Gasteiger partial charge in [0.2, 0.25) is 10.0 Å². The fourth-order valence-corrected chi connectivity index (χ4v) is 5.85. The molecule has 2 aliphatic rings. The molecule has 5 rings (SSSR count). The van der Waals surface area contributed by atoms with Crippen LogP contribution in [0.25, 0.3) is 11.1 Å². The molecule has 0 spiro atoms. The van der Waals surface area contributed by atoms with Crippen LogP contribution in [0, 0.1) is 6.92 Å². The Labute approximate surface area is 193 Å². The summed E-state index contributed by atoms with van der Waals surface area (Å²) in [6.07, 6.45) is 1.97. The third kappa shape index (κ3) is 3.61. The molecule has 6 heteroatoms. The standard InChI is InChI=1S/C27H23NO4S/c1-18-8-11-21(12-9-18)33(30,31)28-15-14-23-22-13-10-20(27(29)32-2)16-24(22)26(25(23)17-28)19-6-4-3-5-7-19/h3-14,16H,15,17H2,1-2H3. The molecule has 0 radical (unpaired) electrons. The number of sulfonamides is 1. The summed E-state index contributed by atoms with van der Waals surface area (Å²) in [6, 6.07) is 22.3. The van der Waals surface area contributed by atoms with E-state index in [9.17, 15) is 13.2 Å². The smallest absolute Gasteiger partial charge is 0.337 e. The molecule has 0 amide bonds. The first-order valence-electron chi connectivity index (χ1n) is 10.7. The molecule has 0 unspecified atom stereocenters. The van der Waals surface area contributed by atoms with Crippen molar-refractivity contribution in [2.45, 2.75) is 11.8 Å². The molecule has 1 aliphatic heterocycles. The van der Waals surface area contributed by atoms with Gasteiger partial charge in [-0.1, -0.05) is 60.2 Å². The van der Waals surface area contributed by atoms with Crippen LogP contribution in [-0.4, -0.2) is 38.9 Å². The van der Waals surface area contributed by atoms with Gasteiger partial charge in [0.1, 0.15) is 0 Å². The number of carbonyl (C=O) groups excluding carboxylic acids is 1. The van der Waals surface area contributed by atoms with Crippen LogP contribution in [0.2, 0.25) is 0 Å². The van der Waals surface area contributed by atoms with Crippen LogP contribution in [0.15, 0.2) is 89.3 Å². The summed E-state index contributed by atoms with van der Waals surface area (Å²) in [7, 11) is -2.29. The Kier molecular flexibility index (Phi) is 5.27. The molecule has 0 N–H and O–H groups in total. The van der Waals surface area contributed by atoms with Crippen LogP contribution in [0.3, 0.4) is 0 Å². The van der Waals surface area contributed by atoms with Gasteiger partial charge < -0.3 is 4.74 Å². The Hall–Kier alpha value is -3.48. The van der Waals surface area contributed by atoms with E-state index in [1.165, 1.54) is 11.4 Å². The molecule has 0 saturated carbocycles. The van der Waals surface area contributed by atoms with Crippen molar-refractivity contribution < 1.29 is 17.9 Å². The third-order valence-corrected chi connectivity index (χ3v) is 8.01. The summed E-state index contributed by atoms with van der Waals surface area (Å²) >= 11 is 0. The van der Waals surface area contributed by atoms with Gasteiger partial charge in [-0.05, 0) is 64.6 Å². The maximum absolute atomic E-state index is 13.4. The van der Waals surface area contributed by atoms with Crippen molar-refractivity contribution in [2.24, 2.45) is 0 Å². The molecule has 0 bridgehead atoms. The SMILES string of the molecule is COC(=O)c1ccc2c(c1)C(c1ccccc1)=C1CN(S(=O)(=O)c3ccc(C)cc3)CC=C12. The summed E-state index contributed by atoms with van der Waals surface area (Å²) in [6.45, 7) is 2.48. The Morgan fingerprint density at radius 3 is 2.36 bits per heavy atom. The molecule has 0 fully saturated rings. The van der Waals surface area contributed by atoms with Crippen molar-refractivity contribution in [2.75, 3.05) is 20.2 Å². The minimum Gasteiger partial charge on any atom is -0.465 e. The highest BCUT2D eigenvalue weighted by Crippen LogP contribution is 2.47. The number of hydrogen-bond donors (Lipinski definition) is 0. The molecular weight excluding hydrogens is 434 g/mol. The molecule has 33 heavy (non-hydrogen) atoms. The van der Waals surface area contributed by atoms with Crippen molar-refractivity contribution in [3.63, 3.8) is 0 Å². The van der Waals surface area contributed by atoms with E-state index < -0.39 is 16.0 Å². The molecule has 3 aromatic carbocycles. The minimum atomic E-state index is -3.66. The second kappa shape index (κ2) is 8.14. The van der Waals surface area contributed by atoms with Crippen molar-refractivity contribution >= 4 is 27.1 Å². The zero-order valence-electron chi connectivity index (χ0n) is 18.4. The molecule has 0 saturated heterocycles. The number of nitrogens with zero attached hydrogens (tertiary/aromatic N) is 1. The van der Waals surface area contributed by atoms with Gasteiger partial charge in [0.15, 0.2) is 0 Å². The minimum absolute atomic E-state index is 0.258. The zero-order valence-corrected chi connectivity index (χ0v) is 19.2. The van der Waals surface area contributed by atoms with E-state index in [0.717, 1.165) is 39.0 Å². The molecule has 166 valence electrons. The highest BCUT2D eigenvalue weighted by Gasteiger charge is 2.35. The Morgan fingerprint density at radius 2 is 1.67 bits per heavy atom. The molecule has 0 atom stereocenters. The van der Waals surface area contributed by atoms with E-state index in [4.69, 9.17) is 4.74 Å². The number of benzene rings is 3. The number of aryl methyl sites for hydroxylation is 1. The van der Waals surface area contributed by atoms with E-state index in [1.807, 2.05) is 67.6 Å². The van der Waals surface area contributed by atoms with E-state index >= 15 is 0 Å². The maximum Gasteiger partial charge on any atom is 0.337 e. The lowest BCUT2D eigenvalue weighted by Crippen LogP contribution is -2.35. The summed E-state index contributed by atoms with van der Waals surface area (Å²) < 4.78 is 33.2. The highest BCUT2D eigenvalue weighted by molar-refractivity contribution is 7.89. The average molecular weight is 458 g/mol. The predicted octanol–water partition coefficient (Wildman–Crippen LogP) is 4.69. The lowest BCUT2D eigenvalue weighted by Gasteiger charge is -2.27. The number of esters is 1. The average Bonchev–Trinajstić information content (AvgIpc) is 3.17. The second-order valence-corrected chi connectivity index (χ2v) is 10.1.